The lowest BCUT2D eigenvalue weighted by Crippen LogP contribution is -2.00. The van der Waals surface area contributed by atoms with E-state index in [0.29, 0.717) is 17.5 Å². The van der Waals surface area contributed by atoms with E-state index in [4.69, 9.17) is 15.0 Å². The summed E-state index contributed by atoms with van der Waals surface area (Å²) in [6.07, 6.45) is 0. The fourth-order valence-corrected chi connectivity index (χ4v) is 11.5. The summed E-state index contributed by atoms with van der Waals surface area (Å²) in [6.45, 7) is 0. The van der Waals surface area contributed by atoms with Gasteiger partial charge in [0.15, 0.2) is 17.5 Å². The van der Waals surface area contributed by atoms with Gasteiger partial charge in [-0.3, -0.25) is 0 Å². The van der Waals surface area contributed by atoms with Crippen LogP contribution in [0.4, 0.5) is 0 Å². The van der Waals surface area contributed by atoms with Crippen molar-refractivity contribution in [2.75, 3.05) is 0 Å². The van der Waals surface area contributed by atoms with Gasteiger partial charge in [-0.05, 0) is 134 Å². The Bertz CT molecular complexity index is 4230. The minimum atomic E-state index is 0.633. The Balaban J connectivity index is 0.894. The van der Waals surface area contributed by atoms with Gasteiger partial charge in [0.25, 0.3) is 0 Å². The van der Waals surface area contributed by atoms with Gasteiger partial charge in [0.05, 0.1) is 0 Å². The van der Waals surface area contributed by atoms with Crippen molar-refractivity contribution in [1.29, 1.82) is 0 Å². The first-order valence-electron chi connectivity index (χ1n) is 22.7. The van der Waals surface area contributed by atoms with Crippen LogP contribution in [0, 0.1) is 0 Å². The molecule has 0 fully saturated rings. The van der Waals surface area contributed by atoms with Crippen LogP contribution in [0.1, 0.15) is 0 Å². The van der Waals surface area contributed by atoms with E-state index < -0.39 is 0 Å². The van der Waals surface area contributed by atoms with Crippen molar-refractivity contribution in [3.63, 3.8) is 0 Å². The van der Waals surface area contributed by atoms with Crippen LogP contribution in [0.2, 0.25) is 0 Å². The van der Waals surface area contributed by atoms with Crippen LogP contribution in [-0.2, 0) is 0 Å². The Labute approximate surface area is 390 Å². The topological polar surface area (TPSA) is 38.7 Å². The van der Waals surface area contributed by atoms with E-state index >= 15 is 0 Å². The maximum atomic E-state index is 5.15. The van der Waals surface area contributed by atoms with E-state index in [2.05, 4.69) is 206 Å². The molecule has 0 aliphatic carbocycles. The summed E-state index contributed by atoms with van der Waals surface area (Å²) < 4.78 is 1.29. The Morgan fingerprint density at radius 1 is 0.239 bits per heavy atom. The summed E-state index contributed by atoms with van der Waals surface area (Å²) >= 11 is 1.81. The van der Waals surface area contributed by atoms with Crippen LogP contribution in [0.3, 0.4) is 0 Å². The summed E-state index contributed by atoms with van der Waals surface area (Å²) in [5.41, 5.74) is 8.55. The number of hydrogen-bond donors (Lipinski definition) is 0. The first-order valence-corrected chi connectivity index (χ1v) is 23.6. The van der Waals surface area contributed by atoms with Gasteiger partial charge in [0.1, 0.15) is 0 Å². The van der Waals surface area contributed by atoms with Crippen LogP contribution in [0.5, 0.6) is 0 Å². The van der Waals surface area contributed by atoms with Crippen molar-refractivity contribution >= 4 is 86.1 Å². The van der Waals surface area contributed by atoms with Crippen LogP contribution >= 0.6 is 11.3 Å². The molecule has 0 radical (unpaired) electrons. The highest BCUT2D eigenvalue weighted by atomic mass is 32.1. The number of hydrogen-bond acceptors (Lipinski definition) is 4. The maximum absolute atomic E-state index is 5.15. The van der Waals surface area contributed by atoms with E-state index in [0.717, 1.165) is 33.4 Å². The molecule has 0 bridgehead atoms. The van der Waals surface area contributed by atoms with Crippen LogP contribution in [0.25, 0.3) is 142 Å². The molecule has 0 amide bonds. The van der Waals surface area contributed by atoms with Crippen molar-refractivity contribution in [3.8, 4) is 66.9 Å². The average molecular weight is 868 g/mol. The molecule has 0 saturated carbocycles. The Morgan fingerprint density at radius 2 is 0.672 bits per heavy atom. The number of fused-ring (bicyclic) bond motifs is 3. The van der Waals surface area contributed by atoms with E-state index in [-0.39, 0.29) is 0 Å². The number of thiophene rings is 1. The average Bonchev–Trinajstić information content (AvgIpc) is 3.84. The SMILES string of the molecule is c1ccc(-c2nc(-c3ccc(-c4cc5ccccc5s4)cc3)nc(-c3cccc(-c4cccc(-c5cc6ccc7cccc8c9cccc%10ccc%11cccc(c(c5)c6c78)c%11c%109)c4)c3)n2)cc1. The Hall–Kier alpha value is -8.57. The van der Waals surface area contributed by atoms with Crippen LogP contribution < -0.4 is 0 Å². The zero-order valence-corrected chi connectivity index (χ0v) is 36.9. The zero-order chi connectivity index (χ0) is 44.0. The molecule has 2 aromatic heterocycles. The molecule has 0 aliphatic heterocycles. The molecular weight excluding hydrogens is 831 g/mol. The summed E-state index contributed by atoms with van der Waals surface area (Å²) in [5.74, 6) is 1.92. The third-order valence-corrected chi connectivity index (χ3v) is 14.8. The number of nitrogens with zero attached hydrogens (tertiary/aromatic N) is 3. The van der Waals surface area contributed by atoms with Gasteiger partial charge in [0, 0.05) is 26.3 Å². The van der Waals surface area contributed by atoms with Crippen LogP contribution in [0.15, 0.2) is 224 Å². The standard InChI is InChI=1S/C63H37N3S/c1-2-11-42(12-3-1)61-64-62(43-30-25-38(26-31-43)56-37-47-13-4-5-24-55(47)67-56)66-63(65-61)49-20-7-18-45(34-49)44-17-6-19-46(33-44)50-35-48-32-29-41-15-9-22-52-51-21-8-14-39-27-28-40-16-10-23-53(59(40)57(39)51)54(36-50)60(48)58(41)52/h1-37H. The molecule has 0 N–H and O–H groups in total. The fraction of sp³-hybridized carbons (Fsp3) is 0. The van der Waals surface area contributed by atoms with Gasteiger partial charge < -0.3 is 0 Å². The van der Waals surface area contributed by atoms with Crippen molar-refractivity contribution in [1.82, 2.24) is 15.0 Å². The van der Waals surface area contributed by atoms with Gasteiger partial charge in [0.2, 0.25) is 0 Å². The molecule has 4 heteroatoms. The molecule has 0 spiro atoms. The number of benzene rings is 11. The highest BCUT2D eigenvalue weighted by molar-refractivity contribution is 7.22. The molecule has 67 heavy (non-hydrogen) atoms. The quantitative estimate of drug-likeness (QED) is 0.156. The molecular formula is C63H37N3S. The van der Waals surface area contributed by atoms with Gasteiger partial charge in [-0.2, -0.15) is 0 Å². The second-order valence-electron chi connectivity index (χ2n) is 17.5. The third-order valence-electron chi connectivity index (χ3n) is 13.6. The minimum Gasteiger partial charge on any atom is -0.208 e. The molecule has 3 nitrogen and oxygen atoms in total. The second kappa shape index (κ2) is 15.0. The lowest BCUT2D eigenvalue weighted by Gasteiger charge is -2.17. The number of aromatic nitrogens is 3. The van der Waals surface area contributed by atoms with Crippen molar-refractivity contribution in [3.05, 3.63) is 224 Å². The van der Waals surface area contributed by atoms with Crippen LogP contribution in [-0.4, -0.2) is 15.0 Å². The Morgan fingerprint density at radius 3 is 1.30 bits per heavy atom. The third kappa shape index (κ3) is 6.22. The molecule has 0 saturated heterocycles. The van der Waals surface area contributed by atoms with E-state index in [1.54, 1.807) is 0 Å². The monoisotopic (exact) mass is 867 g/mol. The van der Waals surface area contributed by atoms with Gasteiger partial charge in [-0.25, -0.2) is 15.0 Å². The molecule has 14 aromatic rings. The van der Waals surface area contributed by atoms with Gasteiger partial charge >= 0.3 is 0 Å². The molecule has 0 atom stereocenters. The molecule has 0 unspecified atom stereocenters. The van der Waals surface area contributed by atoms with Crippen molar-refractivity contribution in [2.24, 2.45) is 0 Å². The van der Waals surface area contributed by atoms with Gasteiger partial charge in [-0.15, -0.1) is 11.3 Å². The lowest BCUT2D eigenvalue weighted by atomic mass is 9.86. The molecule has 310 valence electrons. The molecule has 2 heterocycles. The fourth-order valence-electron chi connectivity index (χ4n) is 10.4. The summed E-state index contributed by atoms with van der Waals surface area (Å²) in [5, 5.41) is 16.6. The summed E-state index contributed by atoms with van der Waals surface area (Å²) in [6, 6.07) is 81.4. The first kappa shape index (κ1) is 37.8. The van der Waals surface area contributed by atoms with Gasteiger partial charge in [-0.1, -0.05) is 188 Å². The predicted octanol–water partition coefficient (Wildman–Crippen LogP) is 17.4. The van der Waals surface area contributed by atoms with Crippen molar-refractivity contribution < 1.29 is 0 Å². The smallest absolute Gasteiger partial charge is 0.164 e. The molecule has 14 rings (SSSR count). The largest absolute Gasteiger partial charge is 0.208 e. The Kier molecular flexibility index (Phi) is 8.45. The van der Waals surface area contributed by atoms with Crippen molar-refractivity contribution in [2.45, 2.75) is 0 Å². The predicted molar refractivity (Wildman–Crippen MR) is 284 cm³/mol. The van der Waals surface area contributed by atoms with E-state index in [9.17, 15) is 0 Å². The second-order valence-corrected chi connectivity index (χ2v) is 18.6. The highest BCUT2D eigenvalue weighted by Crippen LogP contribution is 2.45. The van der Waals surface area contributed by atoms with E-state index in [1.165, 1.54) is 90.7 Å². The number of rotatable bonds is 6. The lowest BCUT2D eigenvalue weighted by molar-refractivity contribution is 1.07. The maximum Gasteiger partial charge on any atom is 0.164 e. The minimum absolute atomic E-state index is 0.633. The summed E-state index contributed by atoms with van der Waals surface area (Å²) in [7, 11) is 0. The summed E-state index contributed by atoms with van der Waals surface area (Å²) in [4.78, 5) is 16.5. The van der Waals surface area contributed by atoms with E-state index in [1.807, 2.05) is 29.5 Å². The molecule has 0 aliphatic rings. The zero-order valence-electron chi connectivity index (χ0n) is 36.1. The first-order chi connectivity index (χ1) is 33.2. The molecule has 12 aromatic carbocycles. The highest BCUT2D eigenvalue weighted by Gasteiger charge is 2.18. The normalized spacial score (nSPS) is 11.9.